The van der Waals surface area contributed by atoms with Gasteiger partial charge in [-0.2, -0.15) is 0 Å². The van der Waals surface area contributed by atoms with E-state index in [1.807, 2.05) is 26.0 Å². The molecule has 0 heterocycles. The highest BCUT2D eigenvalue weighted by molar-refractivity contribution is 5.91. The average Bonchev–Trinajstić information content (AvgIpc) is 2.09. The molecule has 0 aliphatic heterocycles. The molecule has 0 atom stereocenters. The number of carbonyl (C=O) groups is 1. The highest BCUT2D eigenvalue weighted by atomic mass is 16.1. The van der Waals surface area contributed by atoms with Crippen molar-refractivity contribution >= 4 is 11.6 Å². The molecular formula is C10H12NO. The van der Waals surface area contributed by atoms with Crippen molar-refractivity contribution in [3.63, 3.8) is 0 Å². The first kappa shape index (κ1) is 8.78. The minimum Gasteiger partial charge on any atom is -0.326 e. The molecule has 0 unspecified atom stereocenters. The fourth-order valence-electron chi connectivity index (χ4n) is 0.893. The number of hydrogen-bond acceptors (Lipinski definition) is 1. The molecule has 1 radical (unpaired) electrons. The Balaban J connectivity index is 2.75. The van der Waals surface area contributed by atoms with E-state index >= 15 is 0 Å². The molecule has 0 aromatic heterocycles. The minimum absolute atomic E-state index is 0.0456. The lowest BCUT2D eigenvalue weighted by molar-refractivity contribution is -0.115. The summed E-state index contributed by atoms with van der Waals surface area (Å²) in [4.78, 5) is 11.0. The molecule has 12 heavy (non-hydrogen) atoms. The van der Waals surface area contributed by atoms with Crippen LogP contribution in [0.25, 0.3) is 0 Å². The van der Waals surface area contributed by atoms with Gasteiger partial charge >= 0.3 is 0 Å². The van der Waals surface area contributed by atoms with Crippen LogP contribution in [0.2, 0.25) is 0 Å². The van der Waals surface area contributed by atoms with Gasteiger partial charge in [-0.05, 0) is 30.7 Å². The summed E-state index contributed by atoms with van der Waals surface area (Å²) in [5, 5.41) is 2.80. The van der Waals surface area contributed by atoms with Gasteiger partial charge in [-0.3, -0.25) is 4.79 Å². The minimum atomic E-state index is 0.0456. The first-order valence-corrected chi connectivity index (χ1v) is 4.00. The zero-order valence-corrected chi connectivity index (χ0v) is 7.35. The van der Waals surface area contributed by atoms with E-state index in [4.69, 9.17) is 0 Å². The van der Waals surface area contributed by atoms with E-state index in [9.17, 15) is 4.79 Å². The lowest BCUT2D eigenvalue weighted by atomic mass is 10.2. The first-order chi connectivity index (χ1) is 5.74. The van der Waals surface area contributed by atoms with Crippen LogP contribution in [0.15, 0.2) is 18.2 Å². The summed E-state index contributed by atoms with van der Waals surface area (Å²) in [6.07, 6.45) is 0.512. The molecule has 0 bridgehead atoms. The van der Waals surface area contributed by atoms with Crippen LogP contribution in [-0.2, 0) is 4.79 Å². The van der Waals surface area contributed by atoms with Gasteiger partial charge in [0.1, 0.15) is 0 Å². The molecule has 0 aliphatic carbocycles. The van der Waals surface area contributed by atoms with E-state index in [0.29, 0.717) is 6.42 Å². The van der Waals surface area contributed by atoms with Gasteiger partial charge in [-0.15, -0.1) is 0 Å². The largest absolute Gasteiger partial charge is 0.326 e. The first-order valence-electron chi connectivity index (χ1n) is 4.00. The predicted octanol–water partition coefficient (Wildman–Crippen LogP) is 2.14. The van der Waals surface area contributed by atoms with Crippen LogP contribution in [0.4, 0.5) is 5.69 Å². The number of amides is 1. The zero-order valence-electron chi connectivity index (χ0n) is 7.35. The van der Waals surface area contributed by atoms with E-state index in [1.54, 1.807) is 6.07 Å². The van der Waals surface area contributed by atoms with Crippen molar-refractivity contribution in [1.82, 2.24) is 0 Å². The predicted molar refractivity (Wildman–Crippen MR) is 48.9 cm³/mol. The highest BCUT2D eigenvalue weighted by Gasteiger charge is 1.99. The summed E-state index contributed by atoms with van der Waals surface area (Å²) in [6.45, 7) is 3.78. The Hall–Kier alpha value is -1.31. The molecule has 1 amide bonds. The monoisotopic (exact) mass is 162 g/mol. The molecular weight excluding hydrogens is 150 g/mol. The molecule has 0 spiro atoms. The molecule has 0 saturated heterocycles. The molecule has 1 aromatic carbocycles. The second-order valence-electron chi connectivity index (χ2n) is 2.64. The van der Waals surface area contributed by atoms with Gasteiger partial charge in [0.2, 0.25) is 5.91 Å². The summed E-state index contributed by atoms with van der Waals surface area (Å²) < 4.78 is 0. The lowest BCUT2D eigenvalue weighted by Crippen LogP contribution is -2.10. The molecule has 1 rings (SSSR count). The maximum Gasteiger partial charge on any atom is 0.224 e. The van der Waals surface area contributed by atoms with Crippen molar-refractivity contribution in [2.75, 3.05) is 5.32 Å². The van der Waals surface area contributed by atoms with Crippen molar-refractivity contribution in [1.29, 1.82) is 0 Å². The van der Waals surface area contributed by atoms with Gasteiger partial charge in [-0.25, -0.2) is 0 Å². The van der Waals surface area contributed by atoms with E-state index < -0.39 is 0 Å². The Labute approximate surface area is 72.6 Å². The van der Waals surface area contributed by atoms with Crippen molar-refractivity contribution in [2.45, 2.75) is 20.3 Å². The molecule has 0 aliphatic rings. The van der Waals surface area contributed by atoms with Gasteiger partial charge in [0.25, 0.3) is 0 Å². The maximum atomic E-state index is 11.0. The maximum absolute atomic E-state index is 11.0. The SMILES string of the molecule is CCC(=O)Nc1cc[c]cc1C. The quantitative estimate of drug-likeness (QED) is 0.709. The number of aryl methyl sites for hydroxylation is 1. The third-order valence-electron chi connectivity index (χ3n) is 1.67. The molecule has 1 aromatic rings. The van der Waals surface area contributed by atoms with Gasteiger partial charge in [-0.1, -0.05) is 13.0 Å². The molecule has 2 nitrogen and oxygen atoms in total. The van der Waals surface area contributed by atoms with Crippen molar-refractivity contribution in [3.8, 4) is 0 Å². The third-order valence-corrected chi connectivity index (χ3v) is 1.67. The fourth-order valence-corrected chi connectivity index (χ4v) is 0.893. The highest BCUT2D eigenvalue weighted by Crippen LogP contribution is 2.12. The Morgan fingerprint density at radius 3 is 3.00 bits per heavy atom. The van der Waals surface area contributed by atoms with Gasteiger partial charge in [0.15, 0.2) is 0 Å². The lowest BCUT2D eigenvalue weighted by Gasteiger charge is -2.05. The summed E-state index contributed by atoms with van der Waals surface area (Å²) >= 11 is 0. The summed E-state index contributed by atoms with van der Waals surface area (Å²) in [7, 11) is 0. The molecule has 0 saturated carbocycles. The number of carbonyl (C=O) groups excluding carboxylic acids is 1. The molecule has 63 valence electrons. The number of benzene rings is 1. The Bertz CT molecular complexity index is 281. The van der Waals surface area contributed by atoms with Crippen LogP contribution in [-0.4, -0.2) is 5.91 Å². The number of anilines is 1. The van der Waals surface area contributed by atoms with Crippen molar-refractivity contribution in [3.05, 3.63) is 29.8 Å². The van der Waals surface area contributed by atoms with Crippen LogP contribution in [0.1, 0.15) is 18.9 Å². The van der Waals surface area contributed by atoms with Crippen molar-refractivity contribution < 1.29 is 4.79 Å². The standard InChI is InChI=1S/C10H12NO/c1-3-10(12)11-9-7-5-4-6-8(9)2/h5-7H,3H2,1-2H3,(H,11,12). The summed E-state index contributed by atoms with van der Waals surface area (Å²) in [6, 6.07) is 8.43. The van der Waals surface area contributed by atoms with Crippen LogP contribution < -0.4 is 5.32 Å². The summed E-state index contributed by atoms with van der Waals surface area (Å²) in [5.41, 5.74) is 1.92. The second kappa shape index (κ2) is 3.90. The van der Waals surface area contributed by atoms with Gasteiger partial charge in [0, 0.05) is 12.1 Å². The van der Waals surface area contributed by atoms with Crippen molar-refractivity contribution in [2.24, 2.45) is 0 Å². The van der Waals surface area contributed by atoms with E-state index in [2.05, 4.69) is 11.4 Å². The second-order valence-corrected chi connectivity index (χ2v) is 2.64. The topological polar surface area (TPSA) is 29.1 Å². The van der Waals surface area contributed by atoms with Crippen LogP contribution in [0.3, 0.4) is 0 Å². The third kappa shape index (κ3) is 2.09. The number of nitrogens with one attached hydrogen (secondary N) is 1. The molecule has 2 heteroatoms. The molecule has 0 fully saturated rings. The number of hydrogen-bond donors (Lipinski definition) is 1. The van der Waals surface area contributed by atoms with E-state index in [0.717, 1.165) is 11.3 Å². The van der Waals surface area contributed by atoms with Crippen LogP contribution in [0, 0.1) is 13.0 Å². The normalized spacial score (nSPS) is 9.50. The number of rotatable bonds is 2. The average molecular weight is 162 g/mol. The van der Waals surface area contributed by atoms with E-state index in [1.165, 1.54) is 0 Å². The molecule has 1 N–H and O–H groups in total. The Morgan fingerprint density at radius 1 is 1.67 bits per heavy atom. The Morgan fingerprint density at radius 2 is 2.42 bits per heavy atom. The zero-order chi connectivity index (χ0) is 8.97. The smallest absolute Gasteiger partial charge is 0.224 e. The van der Waals surface area contributed by atoms with Gasteiger partial charge < -0.3 is 5.32 Å². The van der Waals surface area contributed by atoms with Crippen LogP contribution >= 0.6 is 0 Å². The Kier molecular flexibility index (Phi) is 2.86. The van der Waals surface area contributed by atoms with E-state index in [-0.39, 0.29) is 5.91 Å². The van der Waals surface area contributed by atoms with Gasteiger partial charge in [0.05, 0.1) is 0 Å². The van der Waals surface area contributed by atoms with Crippen LogP contribution in [0.5, 0.6) is 0 Å². The summed E-state index contributed by atoms with van der Waals surface area (Å²) in [5.74, 6) is 0.0456. The fraction of sp³-hybridized carbons (Fsp3) is 0.300.